The highest BCUT2D eigenvalue weighted by Gasteiger charge is 2.44. The molecule has 0 radical (unpaired) electrons. The molecule has 0 saturated heterocycles. The van der Waals surface area contributed by atoms with Crippen LogP contribution in [0.5, 0.6) is 11.5 Å². The molecule has 4 nitrogen and oxygen atoms in total. The molecule has 0 atom stereocenters. The number of hydrogen-bond donors (Lipinski definition) is 3. The number of fused-ring (bicyclic) bond motifs is 2. The van der Waals surface area contributed by atoms with Crippen LogP contribution in [-0.2, 0) is 5.60 Å². The Morgan fingerprint density at radius 2 is 1.43 bits per heavy atom. The molecule has 2 aromatic carbocycles. The predicted octanol–water partition coefficient (Wildman–Crippen LogP) is 3.46. The van der Waals surface area contributed by atoms with Crippen molar-refractivity contribution in [2.45, 2.75) is 38.2 Å². The normalized spacial score (nSPS) is 15.1. The van der Waals surface area contributed by atoms with Crippen molar-refractivity contribution in [3.63, 3.8) is 0 Å². The summed E-state index contributed by atoms with van der Waals surface area (Å²) in [5.74, 6) is -0.794. The first-order valence-corrected chi connectivity index (χ1v) is 7.92. The second kappa shape index (κ2) is 5.70. The summed E-state index contributed by atoms with van der Waals surface area (Å²) < 4.78 is 0. The van der Waals surface area contributed by atoms with Crippen LogP contribution in [0.25, 0.3) is 0 Å². The van der Waals surface area contributed by atoms with Crippen LogP contribution >= 0.6 is 0 Å². The Bertz CT molecular complexity index is 708. The van der Waals surface area contributed by atoms with Crippen LogP contribution in [0.4, 0.5) is 0 Å². The van der Waals surface area contributed by atoms with Crippen LogP contribution in [0.2, 0.25) is 0 Å². The van der Waals surface area contributed by atoms with Gasteiger partial charge in [-0.3, -0.25) is 4.79 Å². The van der Waals surface area contributed by atoms with Gasteiger partial charge in [0.15, 0.2) is 0 Å². The summed E-state index contributed by atoms with van der Waals surface area (Å²) in [6.07, 6.45) is 3.18. The third-order valence-corrected chi connectivity index (χ3v) is 4.57. The molecular formula is C19H20O4. The molecule has 1 aliphatic rings. The van der Waals surface area contributed by atoms with Gasteiger partial charge in [-0.05, 0) is 25.0 Å². The molecule has 23 heavy (non-hydrogen) atoms. The van der Waals surface area contributed by atoms with Gasteiger partial charge in [-0.15, -0.1) is 0 Å². The van der Waals surface area contributed by atoms with Gasteiger partial charge in [0.05, 0.1) is 11.1 Å². The minimum absolute atomic E-state index is 0.0838. The summed E-state index contributed by atoms with van der Waals surface area (Å²) in [6, 6.07) is 9.44. The van der Waals surface area contributed by atoms with Gasteiger partial charge in [-0.25, -0.2) is 0 Å². The Morgan fingerprint density at radius 1 is 0.913 bits per heavy atom. The number of carbonyl (C=O) groups excluding carboxylic acids is 1. The zero-order valence-corrected chi connectivity index (χ0v) is 13.0. The van der Waals surface area contributed by atoms with Crippen LogP contribution in [-0.4, -0.2) is 21.1 Å². The second-order valence-electron chi connectivity index (χ2n) is 6.05. The molecule has 1 aliphatic carbocycles. The van der Waals surface area contributed by atoms with E-state index in [9.17, 15) is 20.1 Å². The lowest BCUT2D eigenvalue weighted by molar-refractivity contribution is 0.0604. The van der Waals surface area contributed by atoms with E-state index in [1.807, 2.05) is 0 Å². The highest BCUT2D eigenvalue weighted by Crippen LogP contribution is 2.47. The van der Waals surface area contributed by atoms with E-state index < -0.39 is 11.4 Å². The van der Waals surface area contributed by atoms with Crippen molar-refractivity contribution in [2.24, 2.45) is 0 Å². The third-order valence-electron chi connectivity index (χ3n) is 4.57. The monoisotopic (exact) mass is 312 g/mol. The van der Waals surface area contributed by atoms with E-state index in [4.69, 9.17) is 0 Å². The van der Waals surface area contributed by atoms with Crippen LogP contribution in [0.15, 0.2) is 36.4 Å². The van der Waals surface area contributed by atoms with E-state index in [0.717, 1.165) is 19.3 Å². The number of phenolic OH excluding ortho intramolecular Hbond substituents is 2. The van der Waals surface area contributed by atoms with Gasteiger partial charge in [-0.2, -0.15) is 0 Å². The second-order valence-corrected chi connectivity index (χ2v) is 6.05. The summed E-state index contributed by atoms with van der Waals surface area (Å²) in [6.45, 7) is 2.08. The molecular weight excluding hydrogens is 292 g/mol. The predicted molar refractivity (Wildman–Crippen MR) is 86.8 cm³/mol. The first-order valence-electron chi connectivity index (χ1n) is 7.92. The molecule has 0 aliphatic heterocycles. The molecule has 0 bridgehead atoms. The quantitative estimate of drug-likeness (QED) is 0.756. The summed E-state index contributed by atoms with van der Waals surface area (Å²) in [5, 5.41) is 31.7. The summed E-state index contributed by atoms with van der Waals surface area (Å²) in [4.78, 5) is 12.7. The Labute approximate surface area is 135 Å². The fraction of sp³-hybridized carbons (Fsp3) is 0.316. The van der Waals surface area contributed by atoms with E-state index in [2.05, 4.69) is 6.92 Å². The van der Waals surface area contributed by atoms with E-state index in [1.54, 1.807) is 24.3 Å². The lowest BCUT2D eigenvalue weighted by atomic mass is 9.71. The number of unbranched alkanes of at least 4 members (excludes halogenated alkanes) is 2. The molecule has 0 heterocycles. The number of carbonyl (C=O) groups is 1. The largest absolute Gasteiger partial charge is 0.507 e. The Morgan fingerprint density at radius 3 is 1.91 bits per heavy atom. The lowest BCUT2D eigenvalue weighted by Crippen LogP contribution is -2.35. The van der Waals surface area contributed by atoms with Crippen molar-refractivity contribution in [1.82, 2.24) is 0 Å². The standard InChI is InChI=1S/C19H20O4/c1-2-3-4-11-19(23)12-7-5-9-14(20)16(12)18(22)17-13(19)8-6-10-15(17)21/h5-10,20-21,23H,2-4,11H2,1H3. The number of aliphatic hydroxyl groups is 1. The zero-order chi connectivity index (χ0) is 16.6. The van der Waals surface area contributed by atoms with Crippen LogP contribution in [0.1, 0.15) is 59.7 Å². The number of ketones is 1. The van der Waals surface area contributed by atoms with Crippen LogP contribution in [0.3, 0.4) is 0 Å². The highest BCUT2D eigenvalue weighted by molar-refractivity contribution is 6.16. The molecule has 0 unspecified atom stereocenters. The van der Waals surface area contributed by atoms with Gasteiger partial charge >= 0.3 is 0 Å². The summed E-state index contributed by atoms with van der Waals surface area (Å²) in [7, 11) is 0. The fourth-order valence-electron chi connectivity index (χ4n) is 3.42. The summed E-state index contributed by atoms with van der Waals surface area (Å²) >= 11 is 0. The minimum atomic E-state index is -1.38. The molecule has 2 aromatic rings. The highest BCUT2D eigenvalue weighted by atomic mass is 16.3. The molecule has 3 rings (SSSR count). The molecule has 4 heteroatoms. The van der Waals surface area contributed by atoms with Gasteiger partial charge in [-0.1, -0.05) is 44.0 Å². The van der Waals surface area contributed by atoms with Crippen LogP contribution < -0.4 is 0 Å². The van der Waals surface area contributed by atoms with Crippen LogP contribution in [0, 0.1) is 0 Å². The number of aromatic hydroxyl groups is 2. The van der Waals surface area contributed by atoms with Gasteiger partial charge in [0, 0.05) is 11.1 Å². The fourth-order valence-corrected chi connectivity index (χ4v) is 3.42. The van der Waals surface area contributed by atoms with E-state index in [1.165, 1.54) is 12.1 Å². The SMILES string of the molecule is CCCCCC1(O)c2cccc(O)c2C(=O)c2c(O)cccc21. The number of hydrogen-bond acceptors (Lipinski definition) is 4. The summed E-state index contributed by atoms with van der Waals surface area (Å²) in [5.41, 5.74) is -0.389. The Kier molecular flexibility index (Phi) is 3.86. The molecule has 0 aromatic heterocycles. The Hall–Kier alpha value is -2.33. The number of benzene rings is 2. The Balaban J connectivity index is 2.25. The maximum Gasteiger partial charge on any atom is 0.201 e. The van der Waals surface area contributed by atoms with Gasteiger partial charge in [0.25, 0.3) is 0 Å². The van der Waals surface area contributed by atoms with Crippen molar-refractivity contribution >= 4 is 5.78 Å². The van der Waals surface area contributed by atoms with E-state index in [-0.39, 0.29) is 22.6 Å². The zero-order valence-electron chi connectivity index (χ0n) is 13.0. The average molecular weight is 312 g/mol. The first-order chi connectivity index (χ1) is 11.0. The number of rotatable bonds is 4. The molecule has 0 amide bonds. The van der Waals surface area contributed by atoms with Crippen molar-refractivity contribution in [1.29, 1.82) is 0 Å². The van der Waals surface area contributed by atoms with E-state index >= 15 is 0 Å². The average Bonchev–Trinajstić information content (AvgIpc) is 2.53. The molecule has 3 N–H and O–H groups in total. The van der Waals surface area contributed by atoms with Crippen molar-refractivity contribution < 1.29 is 20.1 Å². The van der Waals surface area contributed by atoms with Gasteiger partial charge in [0.1, 0.15) is 17.1 Å². The van der Waals surface area contributed by atoms with Gasteiger partial charge in [0.2, 0.25) is 5.78 Å². The molecule has 0 fully saturated rings. The lowest BCUT2D eigenvalue weighted by Gasteiger charge is -2.36. The van der Waals surface area contributed by atoms with Crippen molar-refractivity contribution in [3.8, 4) is 11.5 Å². The third kappa shape index (κ3) is 2.30. The maximum atomic E-state index is 12.7. The smallest absolute Gasteiger partial charge is 0.201 e. The van der Waals surface area contributed by atoms with Gasteiger partial charge < -0.3 is 15.3 Å². The number of phenols is 2. The first kappa shape index (κ1) is 15.6. The molecule has 0 saturated carbocycles. The topological polar surface area (TPSA) is 77.8 Å². The molecule has 120 valence electrons. The van der Waals surface area contributed by atoms with E-state index in [0.29, 0.717) is 17.5 Å². The molecule has 0 spiro atoms. The van der Waals surface area contributed by atoms with Crippen molar-refractivity contribution in [2.75, 3.05) is 0 Å². The maximum absolute atomic E-state index is 12.7. The van der Waals surface area contributed by atoms with Crippen molar-refractivity contribution in [3.05, 3.63) is 58.7 Å². The minimum Gasteiger partial charge on any atom is -0.507 e.